The number of rotatable bonds is 9. The molecule has 0 saturated heterocycles. The van der Waals surface area contributed by atoms with Crippen LogP contribution in [0.2, 0.25) is 5.15 Å². The van der Waals surface area contributed by atoms with E-state index in [0.29, 0.717) is 22.1 Å². The molecule has 0 saturated carbocycles. The average Bonchev–Trinajstić information content (AvgIpc) is 3.25. The monoisotopic (exact) mass is 553 g/mol. The molecule has 0 atom stereocenters. The molecule has 0 bridgehead atoms. The summed E-state index contributed by atoms with van der Waals surface area (Å²) in [7, 11) is 0. The number of nitro benzene ring substituents is 2. The first-order valence-corrected chi connectivity index (χ1v) is 12.3. The van der Waals surface area contributed by atoms with E-state index in [1.807, 2.05) is 53.1 Å². The average molecular weight is 554 g/mol. The molecule has 0 fully saturated rings. The van der Waals surface area contributed by atoms with E-state index in [4.69, 9.17) is 11.6 Å². The second-order valence-corrected chi connectivity index (χ2v) is 8.82. The standard InChI is InChI=1S/C28H20ClN7O4/c29-28-26(18-31-33-21-11-15-24(16-12-21)36(39)40)25-8-4-5-19(27(25)34(28)22-6-2-1-3-7-22)17-30-32-20-9-13-23(14-10-20)35(37)38/h1-18,32-33H/b30-17+,31-18+. The molecule has 1 aromatic heterocycles. The van der Waals surface area contributed by atoms with Crippen LogP contribution in [-0.4, -0.2) is 26.8 Å². The number of para-hydroxylation sites is 2. The van der Waals surface area contributed by atoms with Gasteiger partial charge in [-0.1, -0.05) is 48.0 Å². The number of aromatic nitrogens is 1. The predicted molar refractivity (Wildman–Crippen MR) is 157 cm³/mol. The zero-order chi connectivity index (χ0) is 28.1. The number of hydrazone groups is 2. The Balaban J connectivity index is 1.49. The van der Waals surface area contributed by atoms with Gasteiger partial charge in [-0.3, -0.25) is 35.6 Å². The summed E-state index contributed by atoms with van der Waals surface area (Å²) >= 11 is 6.92. The molecule has 4 aromatic carbocycles. The summed E-state index contributed by atoms with van der Waals surface area (Å²) in [6.45, 7) is 0. The van der Waals surface area contributed by atoms with Gasteiger partial charge in [0, 0.05) is 46.5 Å². The number of hydrogen-bond acceptors (Lipinski definition) is 8. The lowest BCUT2D eigenvalue weighted by molar-refractivity contribution is -0.385. The molecule has 0 unspecified atom stereocenters. The maximum absolute atomic E-state index is 10.9. The first-order valence-electron chi connectivity index (χ1n) is 11.9. The lowest BCUT2D eigenvalue weighted by atomic mass is 10.1. The fourth-order valence-electron chi connectivity index (χ4n) is 4.07. The number of benzene rings is 4. The smallest absolute Gasteiger partial charge is 0.269 e. The summed E-state index contributed by atoms with van der Waals surface area (Å²) in [4.78, 5) is 20.9. The largest absolute Gasteiger partial charge is 0.299 e. The Morgan fingerprint density at radius 1 is 0.700 bits per heavy atom. The molecule has 2 N–H and O–H groups in total. The molecule has 0 aliphatic rings. The number of hydrogen-bond donors (Lipinski definition) is 2. The van der Waals surface area contributed by atoms with Gasteiger partial charge < -0.3 is 0 Å². The van der Waals surface area contributed by atoms with Crippen molar-refractivity contribution in [3.8, 4) is 5.69 Å². The minimum absolute atomic E-state index is 0.00751. The van der Waals surface area contributed by atoms with Gasteiger partial charge in [0.25, 0.3) is 11.4 Å². The second kappa shape index (κ2) is 11.5. The maximum Gasteiger partial charge on any atom is 0.269 e. The van der Waals surface area contributed by atoms with Crippen molar-refractivity contribution in [1.29, 1.82) is 0 Å². The second-order valence-electron chi connectivity index (χ2n) is 8.47. The third-order valence-electron chi connectivity index (χ3n) is 5.95. The van der Waals surface area contributed by atoms with Gasteiger partial charge in [-0.05, 0) is 36.4 Å². The Bertz CT molecular complexity index is 1750. The number of nitro groups is 2. The van der Waals surface area contributed by atoms with E-state index in [-0.39, 0.29) is 11.4 Å². The Morgan fingerprint density at radius 2 is 1.25 bits per heavy atom. The maximum atomic E-state index is 10.9. The lowest BCUT2D eigenvalue weighted by Gasteiger charge is -2.09. The molecule has 0 radical (unpaired) electrons. The van der Waals surface area contributed by atoms with Gasteiger partial charge in [0.2, 0.25) is 0 Å². The van der Waals surface area contributed by atoms with E-state index in [1.165, 1.54) is 24.3 Å². The molecule has 1 heterocycles. The zero-order valence-corrected chi connectivity index (χ0v) is 21.4. The van der Waals surface area contributed by atoms with Crippen LogP contribution >= 0.6 is 11.6 Å². The van der Waals surface area contributed by atoms with Crippen LogP contribution in [-0.2, 0) is 0 Å². The van der Waals surface area contributed by atoms with E-state index in [2.05, 4.69) is 21.1 Å². The van der Waals surface area contributed by atoms with Gasteiger partial charge in [-0.25, -0.2) is 0 Å². The Morgan fingerprint density at radius 3 is 1.80 bits per heavy atom. The highest BCUT2D eigenvalue weighted by Crippen LogP contribution is 2.34. The van der Waals surface area contributed by atoms with Crippen molar-refractivity contribution in [2.24, 2.45) is 10.2 Å². The quantitative estimate of drug-likeness (QED) is 0.114. The highest BCUT2D eigenvalue weighted by molar-refractivity contribution is 6.35. The molecule has 11 nitrogen and oxygen atoms in total. The highest BCUT2D eigenvalue weighted by atomic mass is 35.5. The van der Waals surface area contributed by atoms with Crippen molar-refractivity contribution >= 4 is 57.7 Å². The molecule has 40 heavy (non-hydrogen) atoms. The fraction of sp³-hybridized carbons (Fsp3) is 0. The number of nitrogens with zero attached hydrogens (tertiary/aromatic N) is 5. The van der Waals surface area contributed by atoms with Crippen LogP contribution in [0.4, 0.5) is 22.7 Å². The van der Waals surface area contributed by atoms with Gasteiger partial charge in [-0.15, -0.1) is 0 Å². The summed E-state index contributed by atoms with van der Waals surface area (Å²) in [5.41, 5.74) is 9.98. The topological polar surface area (TPSA) is 140 Å². The molecule has 0 spiro atoms. The summed E-state index contributed by atoms with van der Waals surface area (Å²) in [6, 6.07) is 27.2. The molecule has 12 heteroatoms. The van der Waals surface area contributed by atoms with Crippen LogP contribution in [0.15, 0.2) is 107 Å². The molecule has 0 aliphatic heterocycles. The van der Waals surface area contributed by atoms with Crippen molar-refractivity contribution in [3.05, 3.63) is 134 Å². The van der Waals surface area contributed by atoms with Crippen molar-refractivity contribution < 1.29 is 9.85 Å². The van der Waals surface area contributed by atoms with E-state index in [1.54, 1.807) is 36.7 Å². The van der Waals surface area contributed by atoms with Crippen molar-refractivity contribution in [3.63, 3.8) is 0 Å². The number of nitrogens with one attached hydrogen (secondary N) is 2. The fourth-order valence-corrected chi connectivity index (χ4v) is 4.40. The van der Waals surface area contributed by atoms with E-state index >= 15 is 0 Å². The first-order chi connectivity index (χ1) is 19.4. The molecule has 198 valence electrons. The number of anilines is 2. The summed E-state index contributed by atoms with van der Waals surface area (Å²) in [5.74, 6) is 0. The summed E-state index contributed by atoms with van der Waals surface area (Å²) in [5, 5.41) is 31.7. The Labute approximate surface area is 232 Å². The SMILES string of the molecule is O=[N+]([O-])c1ccc(N/N=C/c2c(Cl)n(-c3ccccc3)c3c(/C=N/Nc4ccc([N+](=O)[O-])cc4)cccc23)cc1. The van der Waals surface area contributed by atoms with E-state index in [0.717, 1.165) is 22.2 Å². The number of non-ortho nitro benzene ring substituents is 2. The van der Waals surface area contributed by atoms with E-state index in [9.17, 15) is 20.2 Å². The number of fused-ring (bicyclic) bond motifs is 1. The normalized spacial score (nSPS) is 11.3. The van der Waals surface area contributed by atoms with E-state index < -0.39 is 9.85 Å². The van der Waals surface area contributed by atoms with Gasteiger partial charge in [0.05, 0.1) is 39.2 Å². The Kier molecular flexibility index (Phi) is 7.47. The molecule has 5 aromatic rings. The van der Waals surface area contributed by atoms with Crippen LogP contribution in [0.25, 0.3) is 16.6 Å². The third-order valence-corrected chi connectivity index (χ3v) is 6.33. The molecular formula is C28H20ClN7O4. The minimum atomic E-state index is -0.465. The first kappa shape index (κ1) is 26.1. The van der Waals surface area contributed by atoms with Gasteiger partial charge >= 0.3 is 0 Å². The highest BCUT2D eigenvalue weighted by Gasteiger charge is 2.18. The third kappa shape index (κ3) is 5.49. The lowest BCUT2D eigenvalue weighted by Crippen LogP contribution is -1.98. The van der Waals surface area contributed by atoms with Crippen LogP contribution < -0.4 is 10.9 Å². The Hall–Kier alpha value is -5.55. The van der Waals surface area contributed by atoms with Crippen LogP contribution in [0.3, 0.4) is 0 Å². The minimum Gasteiger partial charge on any atom is -0.299 e. The summed E-state index contributed by atoms with van der Waals surface area (Å²) < 4.78 is 1.90. The molecule has 5 rings (SSSR count). The van der Waals surface area contributed by atoms with Gasteiger partial charge in [0.15, 0.2) is 0 Å². The summed E-state index contributed by atoms with van der Waals surface area (Å²) in [6.07, 6.45) is 3.25. The molecule has 0 amide bonds. The van der Waals surface area contributed by atoms with Crippen molar-refractivity contribution in [1.82, 2.24) is 4.57 Å². The van der Waals surface area contributed by atoms with Crippen molar-refractivity contribution in [2.45, 2.75) is 0 Å². The van der Waals surface area contributed by atoms with Crippen LogP contribution in [0.5, 0.6) is 0 Å². The van der Waals surface area contributed by atoms with Gasteiger partial charge in [0.1, 0.15) is 5.15 Å². The zero-order valence-electron chi connectivity index (χ0n) is 20.6. The van der Waals surface area contributed by atoms with Crippen molar-refractivity contribution in [2.75, 3.05) is 10.9 Å². The molecule has 0 aliphatic carbocycles. The van der Waals surface area contributed by atoms with Crippen LogP contribution in [0.1, 0.15) is 11.1 Å². The van der Waals surface area contributed by atoms with Gasteiger partial charge in [-0.2, -0.15) is 10.2 Å². The molecular weight excluding hydrogens is 534 g/mol. The number of halogens is 1. The predicted octanol–water partition coefficient (Wildman–Crippen LogP) is 6.99. The van der Waals surface area contributed by atoms with Crippen LogP contribution in [0, 0.1) is 20.2 Å².